The van der Waals surface area contributed by atoms with Crippen molar-refractivity contribution in [2.45, 2.75) is 56.9 Å². The Kier molecular flexibility index (Phi) is 4.69. The Bertz CT molecular complexity index is 565. The molecule has 4 heteroatoms. The van der Waals surface area contributed by atoms with Crippen LogP contribution in [-0.2, 0) is 19.7 Å². The Labute approximate surface area is 137 Å². The predicted molar refractivity (Wildman–Crippen MR) is 87.9 cm³/mol. The molecular formula is C19H25NO3. The Morgan fingerprint density at radius 2 is 1.87 bits per heavy atom. The van der Waals surface area contributed by atoms with E-state index < -0.39 is 5.41 Å². The molecule has 0 radical (unpaired) electrons. The van der Waals surface area contributed by atoms with E-state index >= 15 is 0 Å². The van der Waals surface area contributed by atoms with Crippen molar-refractivity contribution in [3.8, 4) is 0 Å². The number of rotatable bonds is 5. The van der Waals surface area contributed by atoms with Crippen LogP contribution in [0, 0.1) is 5.92 Å². The third-order valence-electron chi connectivity index (χ3n) is 5.26. The molecule has 2 fully saturated rings. The summed E-state index contributed by atoms with van der Waals surface area (Å²) in [7, 11) is 0. The zero-order valence-electron chi connectivity index (χ0n) is 13.7. The Hall–Kier alpha value is -1.84. The molecule has 1 amide bonds. The van der Waals surface area contributed by atoms with E-state index in [2.05, 4.69) is 12.2 Å². The van der Waals surface area contributed by atoms with Crippen LogP contribution in [0.3, 0.4) is 0 Å². The minimum atomic E-state index is -0.514. The van der Waals surface area contributed by atoms with Gasteiger partial charge in [0.25, 0.3) is 5.91 Å². The third kappa shape index (κ3) is 3.57. The summed E-state index contributed by atoms with van der Waals surface area (Å²) in [5.41, 5.74) is 0.478. The van der Waals surface area contributed by atoms with Gasteiger partial charge in [-0.25, -0.2) is 0 Å². The standard InChI is InChI=1S/C19H25NO3/c1-14-7-5-6-10-16(14)20-17(21)13-23-18(22)19(11-12-19)15-8-3-2-4-9-15/h2-4,8-9,14,16H,5-7,10-13H2,1H3,(H,20,21)/t14-,16+/m0/s1. The first-order valence-electron chi connectivity index (χ1n) is 8.64. The van der Waals surface area contributed by atoms with E-state index in [1.54, 1.807) is 0 Å². The highest BCUT2D eigenvalue weighted by Gasteiger charge is 2.52. The summed E-state index contributed by atoms with van der Waals surface area (Å²) in [6.45, 7) is 2.00. The van der Waals surface area contributed by atoms with E-state index in [-0.39, 0.29) is 24.5 Å². The molecule has 124 valence electrons. The number of hydrogen-bond donors (Lipinski definition) is 1. The van der Waals surface area contributed by atoms with Gasteiger partial charge in [-0.2, -0.15) is 0 Å². The lowest BCUT2D eigenvalue weighted by molar-refractivity contribution is -0.151. The van der Waals surface area contributed by atoms with Gasteiger partial charge in [-0.3, -0.25) is 9.59 Å². The number of ether oxygens (including phenoxy) is 1. The molecule has 0 bridgehead atoms. The van der Waals surface area contributed by atoms with Gasteiger partial charge in [-0.1, -0.05) is 50.1 Å². The van der Waals surface area contributed by atoms with Crippen LogP contribution in [0.2, 0.25) is 0 Å². The van der Waals surface area contributed by atoms with Crippen LogP contribution in [0.15, 0.2) is 30.3 Å². The zero-order valence-corrected chi connectivity index (χ0v) is 13.7. The lowest BCUT2D eigenvalue weighted by Gasteiger charge is -2.29. The van der Waals surface area contributed by atoms with Crippen molar-refractivity contribution in [2.24, 2.45) is 5.92 Å². The van der Waals surface area contributed by atoms with Crippen molar-refractivity contribution in [2.75, 3.05) is 6.61 Å². The molecule has 4 nitrogen and oxygen atoms in total. The molecule has 2 aliphatic carbocycles. The fourth-order valence-corrected chi connectivity index (χ4v) is 3.54. The molecule has 1 N–H and O–H groups in total. The molecule has 1 aromatic carbocycles. The molecule has 2 atom stereocenters. The third-order valence-corrected chi connectivity index (χ3v) is 5.26. The van der Waals surface area contributed by atoms with Gasteiger partial charge in [0, 0.05) is 6.04 Å². The SMILES string of the molecule is C[C@H]1CCCC[C@H]1NC(=O)COC(=O)C1(c2ccccc2)CC1. The molecule has 23 heavy (non-hydrogen) atoms. The summed E-state index contributed by atoms with van der Waals surface area (Å²) in [6.07, 6.45) is 6.18. The highest BCUT2D eigenvalue weighted by Crippen LogP contribution is 2.49. The number of carbonyl (C=O) groups excluding carboxylic acids is 2. The molecule has 1 aromatic rings. The van der Waals surface area contributed by atoms with Crippen molar-refractivity contribution in [1.29, 1.82) is 0 Å². The second kappa shape index (κ2) is 6.73. The van der Waals surface area contributed by atoms with Crippen molar-refractivity contribution < 1.29 is 14.3 Å². The van der Waals surface area contributed by atoms with Gasteiger partial charge in [-0.15, -0.1) is 0 Å². The van der Waals surface area contributed by atoms with Crippen LogP contribution in [-0.4, -0.2) is 24.5 Å². The normalized spacial score (nSPS) is 25.4. The summed E-state index contributed by atoms with van der Waals surface area (Å²) >= 11 is 0. The van der Waals surface area contributed by atoms with E-state index in [1.807, 2.05) is 30.3 Å². The first-order chi connectivity index (χ1) is 11.1. The van der Waals surface area contributed by atoms with Crippen LogP contribution in [0.5, 0.6) is 0 Å². The number of esters is 1. The molecule has 0 aliphatic heterocycles. The van der Waals surface area contributed by atoms with E-state index in [0.717, 1.165) is 37.7 Å². The maximum absolute atomic E-state index is 12.4. The molecule has 0 saturated heterocycles. The topological polar surface area (TPSA) is 55.4 Å². The highest BCUT2D eigenvalue weighted by atomic mass is 16.5. The zero-order chi connectivity index (χ0) is 16.3. The lowest BCUT2D eigenvalue weighted by Crippen LogP contribution is -2.43. The van der Waals surface area contributed by atoms with E-state index in [4.69, 9.17) is 4.74 Å². The van der Waals surface area contributed by atoms with Gasteiger partial charge in [0.2, 0.25) is 0 Å². The Morgan fingerprint density at radius 1 is 1.17 bits per heavy atom. The van der Waals surface area contributed by atoms with Gasteiger partial charge in [-0.05, 0) is 37.2 Å². The minimum Gasteiger partial charge on any atom is -0.455 e. The quantitative estimate of drug-likeness (QED) is 0.850. The summed E-state index contributed by atoms with van der Waals surface area (Å²) in [4.78, 5) is 24.4. The molecule has 0 spiro atoms. The molecule has 2 saturated carbocycles. The van der Waals surface area contributed by atoms with Crippen LogP contribution in [0.25, 0.3) is 0 Å². The minimum absolute atomic E-state index is 0.170. The van der Waals surface area contributed by atoms with Gasteiger partial charge in [0.1, 0.15) is 0 Å². The van der Waals surface area contributed by atoms with Crippen LogP contribution in [0.1, 0.15) is 51.0 Å². The van der Waals surface area contributed by atoms with Crippen LogP contribution < -0.4 is 5.32 Å². The fraction of sp³-hybridized carbons (Fsp3) is 0.579. The Balaban J connectivity index is 1.50. The van der Waals surface area contributed by atoms with E-state index in [0.29, 0.717) is 5.92 Å². The number of hydrogen-bond acceptors (Lipinski definition) is 3. The second-order valence-electron chi connectivity index (χ2n) is 6.96. The molecular weight excluding hydrogens is 290 g/mol. The average molecular weight is 315 g/mol. The first kappa shape index (κ1) is 16.0. The first-order valence-corrected chi connectivity index (χ1v) is 8.64. The lowest BCUT2D eigenvalue weighted by atomic mass is 9.86. The summed E-state index contributed by atoms with van der Waals surface area (Å²) in [6, 6.07) is 9.93. The monoisotopic (exact) mass is 315 g/mol. The number of benzene rings is 1. The van der Waals surface area contributed by atoms with Crippen molar-refractivity contribution in [3.05, 3.63) is 35.9 Å². The summed E-state index contributed by atoms with van der Waals surface area (Å²) in [5, 5.41) is 3.02. The van der Waals surface area contributed by atoms with Gasteiger partial charge in [0.15, 0.2) is 6.61 Å². The maximum Gasteiger partial charge on any atom is 0.317 e. The smallest absolute Gasteiger partial charge is 0.317 e. The second-order valence-corrected chi connectivity index (χ2v) is 6.96. The van der Waals surface area contributed by atoms with E-state index in [1.165, 1.54) is 6.42 Å². The maximum atomic E-state index is 12.4. The average Bonchev–Trinajstić information content (AvgIpc) is 3.37. The molecule has 0 heterocycles. The number of amides is 1. The van der Waals surface area contributed by atoms with Gasteiger partial charge < -0.3 is 10.1 Å². The highest BCUT2D eigenvalue weighted by molar-refractivity contribution is 5.89. The fourth-order valence-electron chi connectivity index (χ4n) is 3.54. The molecule has 3 rings (SSSR count). The predicted octanol–water partition coefficient (Wildman–Crippen LogP) is 2.96. The van der Waals surface area contributed by atoms with Crippen LogP contribution >= 0.6 is 0 Å². The van der Waals surface area contributed by atoms with Crippen molar-refractivity contribution >= 4 is 11.9 Å². The van der Waals surface area contributed by atoms with Gasteiger partial charge in [0.05, 0.1) is 5.41 Å². The summed E-state index contributed by atoms with van der Waals surface area (Å²) < 4.78 is 5.31. The van der Waals surface area contributed by atoms with E-state index in [9.17, 15) is 9.59 Å². The largest absolute Gasteiger partial charge is 0.455 e. The number of nitrogens with one attached hydrogen (secondary N) is 1. The Morgan fingerprint density at radius 3 is 2.52 bits per heavy atom. The van der Waals surface area contributed by atoms with Crippen molar-refractivity contribution in [1.82, 2.24) is 5.32 Å². The summed E-state index contributed by atoms with van der Waals surface area (Å²) in [5.74, 6) is 0.0546. The number of carbonyl (C=O) groups is 2. The van der Waals surface area contributed by atoms with Crippen LogP contribution in [0.4, 0.5) is 0 Å². The molecule has 0 aromatic heterocycles. The molecule has 2 aliphatic rings. The van der Waals surface area contributed by atoms with Crippen molar-refractivity contribution in [3.63, 3.8) is 0 Å². The van der Waals surface area contributed by atoms with Gasteiger partial charge >= 0.3 is 5.97 Å². The molecule has 0 unspecified atom stereocenters.